The molecule has 0 atom stereocenters. The maximum absolute atomic E-state index is 11.3. The second kappa shape index (κ2) is 3.79. The van der Waals surface area contributed by atoms with Gasteiger partial charge >= 0.3 is 5.76 Å². The Hall–Kier alpha value is -1.55. The third kappa shape index (κ3) is 1.76. The zero-order chi connectivity index (χ0) is 11.9. The molecule has 0 amide bonds. The van der Waals surface area contributed by atoms with Crippen LogP contribution in [-0.2, 0) is 18.3 Å². The minimum absolute atomic E-state index is 0.0358. The summed E-state index contributed by atoms with van der Waals surface area (Å²) in [6, 6.07) is 3.35. The van der Waals surface area contributed by atoms with Crippen molar-refractivity contribution in [1.29, 1.82) is 0 Å². The quantitative estimate of drug-likeness (QED) is 0.805. The number of fused-ring (bicyclic) bond motifs is 1. The first kappa shape index (κ1) is 11.0. The molecule has 1 heterocycles. The van der Waals surface area contributed by atoms with Crippen molar-refractivity contribution < 1.29 is 9.21 Å². The fourth-order valence-electron chi connectivity index (χ4n) is 1.67. The summed E-state index contributed by atoms with van der Waals surface area (Å²) in [5.41, 5.74) is 1.72. The lowest BCUT2D eigenvalue weighted by Gasteiger charge is -2.00. The highest BCUT2D eigenvalue weighted by atomic mass is 35.5. The smallest absolute Gasteiger partial charge is 0.408 e. The van der Waals surface area contributed by atoms with Crippen LogP contribution in [0.5, 0.6) is 0 Å². The van der Waals surface area contributed by atoms with Crippen molar-refractivity contribution in [3.8, 4) is 0 Å². The summed E-state index contributed by atoms with van der Waals surface area (Å²) in [6.45, 7) is 1.50. The van der Waals surface area contributed by atoms with E-state index in [-0.39, 0.29) is 12.2 Å². The second-order valence-electron chi connectivity index (χ2n) is 3.73. The van der Waals surface area contributed by atoms with Crippen LogP contribution in [0, 0.1) is 0 Å². The van der Waals surface area contributed by atoms with Gasteiger partial charge in [0, 0.05) is 13.5 Å². The molecule has 0 aliphatic heterocycles. The largest absolute Gasteiger partial charge is 0.419 e. The number of aryl methyl sites for hydroxylation is 1. The zero-order valence-electron chi connectivity index (χ0n) is 8.91. The molecule has 0 fully saturated rings. The molecular weight excluding hydrogens is 230 g/mol. The van der Waals surface area contributed by atoms with Gasteiger partial charge < -0.3 is 4.42 Å². The number of nitrogens with zero attached hydrogens (tertiary/aromatic N) is 1. The Bertz CT molecular complexity index is 624. The number of ketones is 1. The van der Waals surface area contributed by atoms with E-state index in [4.69, 9.17) is 16.0 Å². The Morgan fingerprint density at radius 3 is 2.81 bits per heavy atom. The van der Waals surface area contributed by atoms with Gasteiger partial charge in [0.15, 0.2) is 5.58 Å². The highest BCUT2D eigenvalue weighted by molar-refractivity contribution is 6.35. The van der Waals surface area contributed by atoms with Crippen LogP contribution in [0.15, 0.2) is 21.3 Å². The van der Waals surface area contributed by atoms with Gasteiger partial charge in [-0.15, -0.1) is 0 Å². The average Bonchev–Trinajstić information content (AvgIpc) is 2.41. The number of oxazole rings is 1. The fraction of sp³-hybridized carbons (Fsp3) is 0.273. The third-order valence-corrected chi connectivity index (χ3v) is 2.64. The molecule has 1 aromatic heterocycles. The van der Waals surface area contributed by atoms with E-state index in [9.17, 15) is 9.59 Å². The molecule has 4 nitrogen and oxygen atoms in total. The Morgan fingerprint density at radius 2 is 2.19 bits per heavy atom. The SMILES string of the molecule is CC(=O)Cc1cc(Cl)c2c(c1)oc(=O)n2C. The minimum atomic E-state index is -0.461. The Kier molecular flexibility index (Phi) is 2.59. The molecule has 84 valence electrons. The van der Waals surface area contributed by atoms with Crippen LogP contribution >= 0.6 is 11.6 Å². The minimum Gasteiger partial charge on any atom is -0.408 e. The van der Waals surface area contributed by atoms with Crippen LogP contribution in [-0.4, -0.2) is 10.4 Å². The van der Waals surface area contributed by atoms with E-state index in [1.807, 2.05) is 0 Å². The number of carbonyl (C=O) groups excluding carboxylic acids is 1. The van der Waals surface area contributed by atoms with Crippen molar-refractivity contribution in [1.82, 2.24) is 4.57 Å². The fourth-order valence-corrected chi connectivity index (χ4v) is 2.03. The van der Waals surface area contributed by atoms with Gasteiger partial charge in [0.05, 0.1) is 5.02 Å². The highest BCUT2D eigenvalue weighted by Gasteiger charge is 2.11. The van der Waals surface area contributed by atoms with E-state index < -0.39 is 5.76 Å². The normalized spacial score (nSPS) is 10.9. The predicted octanol–water partition coefficient (Wildman–Crippen LogP) is 1.92. The van der Waals surface area contributed by atoms with Gasteiger partial charge in [-0.25, -0.2) is 4.79 Å². The van der Waals surface area contributed by atoms with Crippen molar-refractivity contribution in [2.75, 3.05) is 0 Å². The van der Waals surface area contributed by atoms with Crippen LogP contribution in [0.3, 0.4) is 0 Å². The first-order valence-corrected chi connectivity index (χ1v) is 5.14. The Morgan fingerprint density at radius 1 is 1.50 bits per heavy atom. The van der Waals surface area contributed by atoms with Crippen LogP contribution in [0.25, 0.3) is 11.1 Å². The van der Waals surface area contributed by atoms with Crippen LogP contribution < -0.4 is 5.76 Å². The lowest BCUT2D eigenvalue weighted by Crippen LogP contribution is -2.08. The molecule has 0 saturated heterocycles. The number of carbonyl (C=O) groups is 1. The van der Waals surface area contributed by atoms with Gasteiger partial charge in [0.2, 0.25) is 0 Å². The van der Waals surface area contributed by atoms with Crippen molar-refractivity contribution in [3.63, 3.8) is 0 Å². The van der Waals surface area contributed by atoms with Crippen molar-refractivity contribution in [3.05, 3.63) is 33.3 Å². The number of Topliss-reactive ketones (excluding diaryl/α,β-unsaturated/α-hetero) is 1. The van der Waals surface area contributed by atoms with Gasteiger partial charge in [0.1, 0.15) is 11.3 Å². The maximum Gasteiger partial charge on any atom is 0.419 e. The molecule has 0 N–H and O–H groups in total. The molecule has 0 aliphatic carbocycles. The number of hydrogen-bond acceptors (Lipinski definition) is 3. The molecule has 2 rings (SSSR count). The van der Waals surface area contributed by atoms with Crippen LogP contribution in [0.2, 0.25) is 5.02 Å². The van der Waals surface area contributed by atoms with E-state index >= 15 is 0 Å². The molecule has 5 heteroatoms. The standard InChI is InChI=1S/C11H10ClNO3/c1-6(14)3-7-4-8(12)10-9(5-7)16-11(15)13(10)2/h4-5H,3H2,1-2H3. The van der Waals surface area contributed by atoms with Crippen molar-refractivity contribution >= 4 is 28.5 Å². The molecule has 1 aromatic carbocycles. The van der Waals surface area contributed by atoms with Gasteiger partial charge in [-0.2, -0.15) is 0 Å². The van der Waals surface area contributed by atoms with Crippen LogP contribution in [0.1, 0.15) is 12.5 Å². The molecule has 0 bridgehead atoms. The zero-order valence-corrected chi connectivity index (χ0v) is 9.67. The molecule has 0 saturated carbocycles. The van der Waals surface area contributed by atoms with E-state index in [0.717, 1.165) is 5.56 Å². The molecule has 0 aliphatic rings. The summed E-state index contributed by atoms with van der Waals surface area (Å²) in [6.07, 6.45) is 0.286. The average molecular weight is 240 g/mol. The number of halogens is 1. The molecule has 0 spiro atoms. The third-order valence-electron chi connectivity index (χ3n) is 2.35. The van der Waals surface area contributed by atoms with E-state index in [0.29, 0.717) is 16.1 Å². The summed E-state index contributed by atoms with van der Waals surface area (Å²) < 4.78 is 6.36. The molecule has 16 heavy (non-hydrogen) atoms. The number of aromatic nitrogens is 1. The van der Waals surface area contributed by atoms with Gasteiger partial charge in [-0.3, -0.25) is 9.36 Å². The highest BCUT2D eigenvalue weighted by Crippen LogP contribution is 2.24. The Labute approximate surface area is 96.4 Å². The monoisotopic (exact) mass is 239 g/mol. The predicted molar refractivity (Wildman–Crippen MR) is 60.9 cm³/mol. The number of benzene rings is 1. The lowest BCUT2D eigenvalue weighted by molar-refractivity contribution is -0.116. The number of rotatable bonds is 2. The maximum atomic E-state index is 11.3. The summed E-state index contributed by atoms with van der Waals surface area (Å²) in [5, 5.41) is 0.419. The summed E-state index contributed by atoms with van der Waals surface area (Å²) in [5.74, 6) is -0.425. The first-order valence-electron chi connectivity index (χ1n) is 4.76. The molecular formula is C11H10ClNO3. The summed E-state index contributed by atoms with van der Waals surface area (Å²) in [7, 11) is 1.59. The molecule has 2 aromatic rings. The summed E-state index contributed by atoms with van der Waals surface area (Å²) in [4.78, 5) is 22.3. The van der Waals surface area contributed by atoms with E-state index in [2.05, 4.69) is 0 Å². The van der Waals surface area contributed by atoms with Crippen molar-refractivity contribution in [2.24, 2.45) is 7.05 Å². The van der Waals surface area contributed by atoms with Gasteiger partial charge in [-0.05, 0) is 24.6 Å². The molecule has 0 unspecified atom stereocenters. The van der Waals surface area contributed by atoms with E-state index in [1.165, 1.54) is 11.5 Å². The Balaban J connectivity index is 2.68. The summed E-state index contributed by atoms with van der Waals surface area (Å²) >= 11 is 6.03. The number of hydrogen-bond donors (Lipinski definition) is 0. The first-order chi connectivity index (χ1) is 7.49. The topological polar surface area (TPSA) is 52.2 Å². The van der Waals surface area contributed by atoms with Crippen molar-refractivity contribution in [2.45, 2.75) is 13.3 Å². The van der Waals surface area contributed by atoms with E-state index in [1.54, 1.807) is 19.2 Å². The van der Waals surface area contributed by atoms with Crippen LogP contribution in [0.4, 0.5) is 0 Å². The second-order valence-corrected chi connectivity index (χ2v) is 4.14. The van der Waals surface area contributed by atoms with Gasteiger partial charge in [0.25, 0.3) is 0 Å². The lowest BCUT2D eigenvalue weighted by atomic mass is 10.1. The van der Waals surface area contributed by atoms with Gasteiger partial charge in [-0.1, -0.05) is 11.6 Å². The molecule has 0 radical (unpaired) electrons.